The number of ketones is 1. The van der Waals surface area contributed by atoms with Gasteiger partial charge in [0.1, 0.15) is 0 Å². The number of likely N-dealkylation sites (tertiary alicyclic amines) is 1. The first-order valence-electron chi connectivity index (χ1n) is 6.52. The molecule has 1 heterocycles. The van der Waals surface area contributed by atoms with E-state index >= 15 is 0 Å². The minimum Gasteiger partial charge on any atom is -0.304 e. The van der Waals surface area contributed by atoms with Crippen molar-refractivity contribution in [2.75, 3.05) is 19.6 Å². The zero-order valence-corrected chi connectivity index (χ0v) is 13.1. The second kappa shape index (κ2) is 10.3. The van der Waals surface area contributed by atoms with Crippen LogP contribution >= 0.6 is 17.0 Å². The van der Waals surface area contributed by atoms with Crippen LogP contribution in [0, 0.1) is 0 Å². The zero-order valence-electron chi connectivity index (χ0n) is 11.4. The minimum absolute atomic E-state index is 0. The van der Waals surface area contributed by atoms with E-state index in [1.165, 1.54) is 38.9 Å². The Hall–Kier alpha value is -0.670. The van der Waals surface area contributed by atoms with Crippen molar-refractivity contribution in [1.82, 2.24) is 4.90 Å². The van der Waals surface area contributed by atoms with Crippen LogP contribution in [0.5, 0.6) is 0 Å². The predicted molar refractivity (Wildman–Crippen MR) is 82.7 cm³/mol. The van der Waals surface area contributed by atoms with Gasteiger partial charge in [0, 0.05) is 5.56 Å². The van der Waals surface area contributed by atoms with Gasteiger partial charge in [0.05, 0.1) is 0 Å². The van der Waals surface area contributed by atoms with E-state index in [0.717, 1.165) is 5.56 Å². The summed E-state index contributed by atoms with van der Waals surface area (Å²) in [5.41, 5.74) is 0.775. The van der Waals surface area contributed by atoms with Gasteiger partial charge < -0.3 is 4.90 Å². The standard InChI is InChI=1S/C8H8O.C7H15N.BrH/c1-7(9)8-5-3-2-4-6-8;1-2-8-6-4-3-5-7-8;/h2-6H,1H3;2-7H2,1H3;1H. The molecule has 2 rings (SSSR count). The maximum atomic E-state index is 10.6. The highest BCUT2D eigenvalue weighted by molar-refractivity contribution is 8.93. The minimum atomic E-state index is 0. The van der Waals surface area contributed by atoms with Gasteiger partial charge in [-0.2, -0.15) is 0 Å². The SMILES string of the molecule is Br.CC(=O)c1ccccc1.CCN1CCCCC1. The van der Waals surface area contributed by atoms with Gasteiger partial charge in [-0.15, -0.1) is 17.0 Å². The molecule has 18 heavy (non-hydrogen) atoms. The molecule has 0 aliphatic carbocycles. The van der Waals surface area contributed by atoms with Crippen molar-refractivity contribution in [1.29, 1.82) is 0 Å². The molecule has 1 saturated heterocycles. The van der Waals surface area contributed by atoms with Gasteiger partial charge >= 0.3 is 0 Å². The molecule has 3 heteroatoms. The molecule has 102 valence electrons. The van der Waals surface area contributed by atoms with E-state index in [9.17, 15) is 4.79 Å². The van der Waals surface area contributed by atoms with Crippen LogP contribution in [-0.2, 0) is 0 Å². The summed E-state index contributed by atoms with van der Waals surface area (Å²) in [5, 5.41) is 0. The number of carbonyl (C=O) groups excluding carboxylic acids is 1. The van der Waals surface area contributed by atoms with E-state index in [1.54, 1.807) is 6.92 Å². The molecule has 1 aromatic carbocycles. The normalized spacial score (nSPS) is 15.0. The smallest absolute Gasteiger partial charge is 0.159 e. The molecular formula is C15H24BrNO. The Kier molecular flexibility index (Phi) is 9.89. The van der Waals surface area contributed by atoms with Gasteiger partial charge in [-0.1, -0.05) is 43.7 Å². The molecule has 1 aliphatic heterocycles. The predicted octanol–water partition coefficient (Wildman–Crippen LogP) is 3.96. The Bertz CT molecular complexity index is 321. The van der Waals surface area contributed by atoms with Crippen molar-refractivity contribution >= 4 is 22.8 Å². The highest BCUT2D eigenvalue weighted by Gasteiger charge is 2.05. The van der Waals surface area contributed by atoms with Crippen LogP contribution in [0.3, 0.4) is 0 Å². The Morgan fingerprint density at radius 2 is 1.67 bits per heavy atom. The van der Waals surface area contributed by atoms with E-state index in [-0.39, 0.29) is 22.8 Å². The summed E-state index contributed by atoms with van der Waals surface area (Å²) in [6, 6.07) is 9.23. The summed E-state index contributed by atoms with van der Waals surface area (Å²) in [6.07, 6.45) is 4.30. The number of Topliss-reactive ketones (excluding diaryl/α,β-unsaturated/α-hetero) is 1. The zero-order chi connectivity index (χ0) is 12.5. The van der Waals surface area contributed by atoms with Crippen LogP contribution in [0.15, 0.2) is 30.3 Å². The van der Waals surface area contributed by atoms with Crippen molar-refractivity contribution in [2.45, 2.75) is 33.1 Å². The lowest BCUT2D eigenvalue weighted by molar-refractivity contribution is 0.101. The van der Waals surface area contributed by atoms with Crippen LogP contribution in [-0.4, -0.2) is 30.3 Å². The molecule has 0 amide bonds. The quantitative estimate of drug-likeness (QED) is 0.770. The molecule has 1 aliphatic rings. The molecule has 0 bridgehead atoms. The molecule has 0 aromatic heterocycles. The molecule has 0 N–H and O–H groups in total. The first-order valence-corrected chi connectivity index (χ1v) is 6.52. The number of nitrogens with zero attached hydrogens (tertiary/aromatic N) is 1. The lowest BCUT2D eigenvalue weighted by Gasteiger charge is -2.24. The van der Waals surface area contributed by atoms with Crippen LogP contribution < -0.4 is 0 Å². The fraction of sp³-hybridized carbons (Fsp3) is 0.533. The molecule has 1 aromatic rings. The lowest BCUT2D eigenvalue weighted by Crippen LogP contribution is -2.29. The maximum absolute atomic E-state index is 10.6. The summed E-state index contributed by atoms with van der Waals surface area (Å²) in [7, 11) is 0. The summed E-state index contributed by atoms with van der Waals surface area (Å²) in [4.78, 5) is 13.2. The Morgan fingerprint density at radius 3 is 2.00 bits per heavy atom. The van der Waals surface area contributed by atoms with E-state index < -0.39 is 0 Å². The summed E-state index contributed by atoms with van der Waals surface area (Å²) < 4.78 is 0. The molecule has 0 spiro atoms. The molecule has 2 nitrogen and oxygen atoms in total. The third kappa shape index (κ3) is 6.92. The molecule has 0 radical (unpaired) electrons. The number of hydrogen-bond donors (Lipinski definition) is 0. The summed E-state index contributed by atoms with van der Waals surface area (Å²) >= 11 is 0. The van der Waals surface area contributed by atoms with Gasteiger partial charge in [0.2, 0.25) is 0 Å². The van der Waals surface area contributed by atoms with Crippen molar-refractivity contribution < 1.29 is 4.79 Å². The van der Waals surface area contributed by atoms with Crippen LogP contribution in [0.25, 0.3) is 0 Å². The number of carbonyl (C=O) groups is 1. The van der Waals surface area contributed by atoms with Gasteiger partial charge in [-0.05, 0) is 39.4 Å². The highest BCUT2D eigenvalue weighted by atomic mass is 79.9. The third-order valence-corrected chi connectivity index (χ3v) is 3.08. The fourth-order valence-electron chi connectivity index (χ4n) is 1.95. The second-order valence-corrected chi connectivity index (χ2v) is 4.42. The van der Waals surface area contributed by atoms with E-state index in [1.807, 2.05) is 30.3 Å². The Balaban J connectivity index is 0.000000306. The first-order chi connectivity index (χ1) is 8.24. The van der Waals surface area contributed by atoms with Crippen molar-refractivity contribution in [2.24, 2.45) is 0 Å². The Morgan fingerprint density at radius 1 is 1.11 bits per heavy atom. The first kappa shape index (κ1) is 17.3. The van der Waals surface area contributed by atoms with E-state index in [2.05, 4.69) is 11.8 Å². The van der Waals surface area contributed by atoms with Crippen LogP contribution in [0.2, 0.25) is 0 Å². The number of hydrogen-bond acceptors (Lipinski definition) is 2. The van der Waals surface area contributed by atoms with Crippen LogP contribution in [0.1, 0.15) is 43.5 Å². The highest BCUT2D eigenvalue weighted by Crippen LogP contribution is 2.06. The third-order valence-electron chi connectivity index (χ3n) is 3.08. The second-order valence-electron chi connectivity index (χ2n) is 4.42. The van der Waals surface area contributed by atoms with Gasteiger partial charge in [0.25, 0.3) is 0 Å². The average molecular weight is 314 g/mol. The largest absolute Gasteiger partial charge is 0.304 e. The van der Waals surface area contributed by atoms with E-state index in [0.29, 0.717) is 0 Å². The fourth-order valence-corrected chi connectivity index (χ4v) is 1.95. The van der Waals surface area contributed by atoms with Crippen molar-refractivity contribution in [3.05, 3.63) is 35.9 Å². The topological polar surface area (TPSA) is 20.3 Å². The molecule has 0 unspecified atom stereocenters. The maximum Gasteiger partial charge on any atom is 0.159 e. The number of benzene rings is 1. The summed E-state index contributed by atoms with van der Waals surface area (Å²) in [6.45, 7) is 7.74. The monoisotopic (exact) mass is 313 g/mol. The lowest BCUT2D eigenvalue weighted by atomic mass is 10.1. The number of rotatable bonds is 2. The van der Waals surface area contributed by atoms with Gasteiger partial charge in [0.15, 0.2) is 5.78 Å². The Labute approximate surface area is 121 Å². The van der Waals surface area contributed by atoms with Crippen LogP contribution in [0.4, 0.5) is 0 Å². The molecule has 1 fully saturated rings. The molecular weight excluding hydrogens is 290 g/mol. The van der Waals surface area contributed by atoms with E-state index in [4.69, 9.17) is 0 Å². The number of halogens is 1. The van der Waals surface area contributed by atoms with Crippen molar-refractivity contribution in [3.63, 3.8) is 0 Å². The number of piperidine rings is 1. The summed E-state index contributed by atoms with van der Waals surface area (Å²) in [5.74, 6) is 0.121. The van der Waals surface area contributed by atoms with Gasteiger partial charge in [-0.3, -0.25) is 4.79 Å². The molecule has 0 saturated carbocycles. The average Bonchev–Trinajstić information content (AvgIpc) is 2.41. The van der Waals surface area contributed by atoms with Gasteiger partial charge in [-0.25, -0.2) is 0 Å². The van der Waals surface area contributed by atoms with Crippen molar-refractivity contribution in [3.8, 4) is 0 Å². The molecule has 0 atom stereocenters.